The summed E-state index contributed by atoms with van der Waals surface area (Å²) in [5.74, 6) is 0.598. The van der Waals surface area contributed by atoms with Crippen LogP contribution in [0.15, 0.2) is 4.52 Å². The molecule has 0 aliphatic carbocycles. The number of hydrogen-bond acceptors (Lipinski definition) is 4. The molecule has 18 heavy (non-hydrogen) atoms. The van der Waals surface area contributed by atoms with Crippen LogP contribution in [0.2, 0.25) is 0 Å². The average molecular weight is 251 g/mol. The summed E-state index contributed by atoms with van der Waals surface area (Å²) >= 11 is 0. The zero-order chi connectivity index (χ0) is 13.3. The van der Waals surface area contributed by atoms with Gasteiger partial charge in [-0.1, -0.05) is 5.16 Å². The summed E-state index contributed by atoms with van der Waals surface area (Å²) in [7, 11) is 1.75. The van der Waals surface area contributed by atoms with Crippen molar-refractivity contribution in [1.82, 2.24) is 15.0 Å². The van der Waals surface area contributed by atoms with Crippen LogP contribution in [0.25, 0.3) is 0 Å². The predicted molar refractivity (Wildman–Crippen MR) is 63.9 cm³/mol. The van der Waals surface area contributed by atoms with E-state index in [0.29, 0.717) is 18.8 Å². The van der Waals surface area contributed by atoms with E-state index in [1.54, 1.807) is 23.8 Å². The lowest BCUT2D eigenvalue weighted by Crippen LogP contribution is -2.51. The zero-order valence-electron chi connectivity index (χ0n) is 10.9. The molecule has 0 radical (unpaired) electrons. The molecule has 6 nitrogen and oxygen atoms in total. The zero-order valence-corrected chi connectivity index (χ0v) is 10.9. The molecular weight excluding hydrogens is 234 g/mol. The highest BCUT2D eigenvalue weighted by Gasteiger charge is 2.26. The smallest absolute Gasteiger partial charge is 0.241 e. The molecule has 1 saturated heterocycles. The van der Waals surface area contributed by atoms with Crippen LogP contribution in [0.5, 0.6) is 0 Å². The van der Waals surface area contributed by atoms with Gasteiger partial charge in [-0.3, -0.25) is 9.59 Å². The SMILES string of the molecule is Cc1noc(C)c1CC(=O)N1CCN(C)C(=O)C1. The summed E-state index contributed by atoms with van der Waals surface area (Å²) in [6.07, 6.45) is 0.248. The summed E-state index contributed by atoms with van der Waals surface area (Å²) in [5.41, 5.74) is 1.56. The van der Waals surface area contributed by atoms with E-state index in [-0.39, 0.29) is 24.8 Å². The minimum Gasteiger partial charge on any atom is -0.361 e. The van der Waals surface area contributed by atoms with E-state index < -0.39 is 0 Å². The Morgan fingerprint density at radius 2 is 2.11 bits per heavy atom. The molecule has 2 rings (SSSR count). The van der Waals surface area contributed by atoms with Crippen molar-refractivity contribution in [1.29, 1.82) is 0 Å². The van der Waals surface area contributed by atoms with Crippen molar-refractivity contribution in [3.05, 3.63) is 17.0 Å². The van der Waals surface area contributed by atoms with Crippen molar-refractivity contribution in [3.63, 3.8) is 0 Å². The molecule has 1 aliphatic rings. The first kappa shape index (κ1) is 12.6. The first-order valence-corrected chi connectivity index (χ1v) is 5.92. The van der Waals surface area contributed by atoms with Gasteiger partial charge in [0.05, 0.1) is 18.7 Å². The molecule has 2 amide bonds. The predicted octanol–water partition coefficient (Wildman–Crippen LogP) is 0.135. The lowest BCUT2D eigenvalue weighted by molar-refractivity contribution is -0.143. The van der Waals surface area contributed by atoms with Gasteiger partial charge in [0, 0.05) is 25.7 Å². The van der Waals surface area contributed by atoms with E-state index >= 15 is 0 Å². The Bertz CT molecular complexity index is 461. The molecule has 98 valence electrons. The third kappa shape index (κ3) is 2.37. The molecule has 1 fully saturated rings. The van der Waals surface area contributed by atoms with Crippen molar-refractivity contribution in [2.24, 2.45) is 0 Å². The van der Waals surface area contributed by atoms with Gasteiger partial charge in [0.1, 0.15) is 5.76 Å². The Morgan fingerprint density at radius 1 is 1.39 bits per heavy atom. The maximum absolute atomic E-state index is 12.1. The second-order valence-corrected chi connectivity index (χ2v) is 4.61. The van der Waals surface area contributed by atoms with Gasteiger partial charge >= 0.3 is 0 Å². The molecule has 0 unspecified atom stereocenters. The fourth-order valence-electron chi connectivity index (χ4n) is 1.99. The van der Waals surface area contributed by atoms with Crippen LogP contribution in [0.1, 0.15) is 17.0 Å². The number of carbonyl (C=O) groups excluding carboxylic acids is 2. The van der Waals surface area contributed by atoms with Gasteiger partial charge < -0.3 is 14.3 Å². The second-order valence-electron chi connectivity index (χ2n) is 4.61. The lowest BCUT2D eigenvalue weighted by atomic mass is 10.1. The van der Waals surface area contributed by atoms with Gasteiger partial charge in [-0.05, 0) is 13.8 Å². The van der Waals surface area contributed by atoms with Gasteiger partial charge in [-0.15, -0.1) is 0 Å². The van der Waals surface area contributed by atoms with Crippen LogP contribution < -0.4 is 0 Å². The van der Waals surface area contributed by atoms with Crippen molar-refractivity contribution in [2.45, 2.75) is 20.3 Å². The number of likely N-dealkylation sites (N-methyl/N-ethyl adjacent to an activating group) is 1. The molecule has 0 spiro atoms. The van der Waals surface area contributed by atoms with E-state index in [0.717, 1.165) is 11.3 Å². The van der Waals surface area contributed by atoms with E-state index in [9.17, 15) is 9.59 Å². The van der Waals surface area contributed by atoms with E-state index in [2.05, 4.69) is 5.16 Å². The first-order chi connectivity index (χ1) is 8.49. The van der Waals surface area contributed by atoms with E-state index in [1.807, 2.05) is 6.92 Å². The summed E-state index contributed by atoms with van der Waals surface area (Å²) in [4.78, 5) is 26.9. The van der Waals surface area contributed by atoms with Crippen LogP contribution in [0.4, 0.5) is 0 Å². The fourth-order valence-corrected chi connectivity index (χ4v) is 1.99. The molecule has 0 saturated carbocycles. The van der Waals surface area contributed by atoms with Gasteiger partial charge in [-0.25, -0.2) is 0 Å². The van der Waals surface area contributed by atoms with Crippen molar-refractivity contribution in [3.8, 4) is 0 Å². The molecular formula is C12H17N3O3. The maximum Gasteiger partial charge on any atom is 0.241 e. The maximum atomic E-state index is 12.1. The van der Waals surface area contributed by atoms with Gasteiger partial charge in [0.25, 0.3) is 0 Å². The summed E-state index contributed by atoms with van der Waals surface area (Å²) in [6.45, 7) is 4.95. The number of amides is 2. The van der Waals surface area contributed by atoms with Crippen LogP contribution >= 0.6 is 0 Å². The molecule has 1 aliphatic heterocycles. The number of aryl methyl sites for hydroxylation is 2. The second kappa shape index (κ2) is 4.80. The normalized spacial score (nSPS) is 16.3. The van der Waals surface area contributed by atoms with Crippen LogP contribution in [-0.2, 0) is 16.0 Å². The number of aromatic nitrogens is 1. The molecule has 6 heteroatoms. The Labute approximate surface area is 106 Å². The van der Waals surface area contributed by atoms with Gasteiger partial charge in [0.2, 0.25) is 11.8 Å². The van der Waals surface area contributed by atoms with Gasteiger partial charge in [0.15, 0.2) is 0 Å². The van der Waals surface area contributed by atoms with Crippen LogP contribution in [-0.4, -0.2) is 53.5 Å². The third-order valence-electron chi connectivity index (χ3n) is 3.32. The third-order valence-corrected chi connectivity index (χ3v) is 3.32. The van der Waals surface area contributed by atoms with Crippen LogP contribution in [0, 0.1) is 13.8 Å². The van der Waals surface area contributed by atoms with E-state index in [4.69, 9.17) is 4.52 Å². The lowest BCUT2D eigenvalue weighted by Gasteiger charge is -2.32. The molecule has 0 atom stereocenters. The number of nitrogens with zero attached hydrogens (tertiary/aromatic N) is 3. The molecule has 1 aromatic rings. The standard InChI is InChI=1S/C12H17N3O3/c1-8-10(9(2)18-13-8)6-11(16)15-5-4-14(3)12(17)7-15/h4-7H2,1-3H3. The fraction of sp³-hybridized carbons (Fsp3) is 0.583. The highest BCUT2D eigenvalue weighted by molar-refractivity contribution is 5.87. The Balaban J connectivity index is 2.03. The minimum atomic E-state index is -0.0501. The van der Waals surface area contributed by atoms with Crippen molar-refractivity contribution >= 4 is 11.8 Å². The first-order valence-electron chi connectivity index (χ1n) is 5.92. The monoisotopic (exact) mass is 251 g/mol. The molecule has 0 aromatic carbocycles. The van der Waals surface area contributed by atoms with Crippen molar-refractivity contribution in [2.75, 3.05) is 26.7 Å². The number of hydrogen-bond donors (Lipinski definition) is 0. The topological polar surface area (TPSA) is 66.7 Å². The number of rotatable bonds is 2. The Morgan fingerprint density at radius 3 is 2.67 bits per heavy atom. The van der Waals surface area contributed by atoms with E-state index in [1.165, 1.54) is 0 Å². The largest absolute Gasteiger partial charge is 0.361 e. The molecule has 0 bridgehead atoms. The number of piperazine rings is 1. The summed E-state index contributed by atoms with van der Waals surface area (Å²) in [6, 6.07) is 0. The van der Waals surface area contributed by atoms with Crippen LogP contribution in [0.3, 0.4) is 0 Å². The average Bonchev–Trinajstić information content (AvgIpc) is 2.64. The molecule has 1 aromatic heterocycles. The molecule has 0 N–H and O–H groups in total. The highest BCUT2D eigenvalue weighted by Crippen LogP contribution is 2.14. The highest BCUT2D eigenvalue weighted by atomic mass is 16.5. The quantitative estimate of drug-likeness (QED) is 0.749. The van der Waals surface area contributed by atoms with Gasteiger partial charge in [-0.2, -0.15) is 0 Å². The molecule has 2 heterocycles. The summed E-state index contributed by atoms with van der Waals surface area (Å²) < 4.78 is 5.03. The summed E-state index contributed by atoms with van der Waals surface area (Å²) in [5, 5.41) is 3.82. The Kier molecular flexibility index (Phi) is 3.36. The minimum absolute atomic E-state index is 0.0200. The number of carbonyl (C=O) groups is 2. The Hall–Kier alpha value is -1.85. The van der Waals surface area contributed by atoms with Crippen molar-refractivity contribution < 1.29 is 14.1 Å².